The fourth-order valence-electron chi connectivity index (χ4n) is 5.24. The summed E-state index contributed by atoms with van der Waals surface area (Å²) in [6.45, 7) is 6.85. The van der Waals surface area contributed by atoms with Crippen molar-refractivity contribution in [3.05, 3.63) is 89.8 Å². The minimum atomic E-state index is -1.02. The van der Waals surface area contributed by atoms with E-state index in [0.717, 1.165) is 46.4 Å². The fourth-order valence-corrected chi connectivity index (χ4v) is 5.24. The molecule has 40 heavy (non-hydrogen) atoms. The van der Waals surface area contributed by atoms with Crippen molar-refractivity contribution in [3.63, 3.8) is 0 Å². The van der Waals surface area contributed by atoms with Gasteiger partial charge in [-0.25, -0.2) is 4.39 Å². The van der Waals surface area contributed by atoms with Crippen LogP contribution in [-0.2, 0) is 15.9 Å². The van der Waals surface area contributed by atoms with Crippen molar-refractivity contribution in [1.29, 1.82) is 0 Å². The van der Waals surface area contributed by atoms with Crippen LogP contribution in [0.5, 0.6) is 5.75 Å². The molecule has 2 N–H and O–H groups in total. The van der Waals surface area contributed by atoms with Crippen molar-refractivity contribution in [2.45, 2.75) is 57.7 Å². The van der Waals surface area contributed by atoms with E-state index in [9.17, 15) is 5.11 Å². The number of aliphatic hydroxyl groups is 2. The first-order valence-electron chi connectivity index (χ1n) is 14.3. The number of halogens is 1. The highest BCUT2D eigenvalue weighted by atomic mass is 19.1. The second-order valence-corrected chi connectivity index (χ2v) is 10.5. The van der Waals surface area contributed by atoms with Crippen molar-refractivity contribution in [2.75, 3.05) is 33.0 Å². The third-order valence-electron chi connectivity index (χ3n) is 7.45. The Hall–Kier alpha value is -3.03. The Morgan fingerprint density at radius 2 is 1.62 bits per heavy atom. The second kappa shape index (κ2) is 15.1. The molecule has 0 saturated heterocycles. The van der Waals surface area contributed by atoms with Crippen molar-refractivity contribution < 1.29 is 28.8 Å². The first kappa shape index (κ1) is 29.9. The Labute approximate surface area is 237 Å². The monoisotopic (exact) mass is 548 g/mol. The zero-order valence-corrected chi connectivity index (χ0v) is 23.4. The topological polar surface area (TPSA) is 68.2 Å². The summed E-state index contributed by atoms with van der Waals surface area (Å²) in [5, 5.41) is 18.8. The van der Waals surface area contributed by atoms with Gasteiger partial charge >= 0.3 is 0 Å². The van der Waals surface area contributed by atoms with Gasteiger partial charge in [0.1, 0.15) is 18.2 Å². The summed E-state index contributed by atoms with van der Waals surface area (Å²) >= 11 is 0. The van der Waals surface area contributed by atoms with Crippen LogP contribution in [0.4, 0.5) is 4.39 Å². The van der Waals surface area contributed by atoms with Crippen LogP contribution < -0.4 is 4.74 Å². The van der Waals surface area contributed by atoms with Gasteiger partial charge in [0.2, 0.25) is 0 Å². The molecule has 0 bridgehead atoms. The molecule has 0 aromatic heterocycles. The first-order chi connectivity index (χ1) is 19.5. The summed E-state index contributed by atoms with van der Waals surface area (Å²) in [5.41, 5.74) is 6.05. The van der Waals surface area contributed by atoms with E-state index >= 15 is 4.39 Å². The SMILES string of the molecule is C=C(C)C(O)OCCc1cc(-c2ccc(C3CCCCC3)cc2F)ccc1-c1ccc(OCCOCCO)cc1. The third kappa shape index (κ3) is 8.24. The lowest BCUT2D eigenvalue weighted by atomic mass is 9.83. The molecule has 1 atom stereocenters. The van der Waals surface area contributed by atoms with E-state index < -0.39 is 6.29 Å². The highest BCUT2D eigenvalue weighted by Gasteiger charge is 2.18. The number of benzene rings is 3. The quantitative estimate of drug-likeness (QED) is 0.128. The van der Waals surface area contributed by atoms with E-state index in [0.29, 0.717) is 49.9 Å². The van der Waals surface area contributed by atoms with Crippen molar-refractivity contribution in [3.8, 4) is 28.0 Å². The van der Waals surface area contributed by atoms with Gasteiger partial charge in [0, 0.05) is 5.56 Å². The molecule has 6 heteroatoms. The zero-order valence-electron chi connectivity index (χ0n) is 23.4. The minimum absolute atomic E-state index is 0.00850. The fraction of sp³-hybridized carbons (Fsp3) is 0.412. The van der Waals surface area contributed by atoms with Crippen LogP contribution >= 0.6 is 0 Å². The molecule has 1 aliphatic rings. The highest BCUT2D eigenvalue weighted by Crippen LogP contribution is 2.36. The first-order valence-corrected chi connectivity index (χ1v) is 14.3. The maximum Gasteiger partial charge on any atom is 0.176 e. The molecule has 0 spiro atoms. The molecule has 1 unspecified atom stereocenters. The summed E-state index contributed by atoms with van der Waals surface area (Å²) in [4.78, 5) is 0. The van der Waals surface area contributed by atoms with Crippen LogP contribution in [-0.4, -0.2) is 49.5 Å². The number of ether oxygens (including phenoxy) is 3. The number of hydrogen-bond acceptors (Lipinski definition) is 5. The van der Waals surface area contributed by atoms with Gasteiger partial charge in [-0.15, -0.1) is 0 Å². The van der Waals surface area contributed by atoms with Gasteiger partial charge in [-0.2, -0.15) is 0 Å². The Kier molecular flexibility index (Phi) is 11.3. The molecular formula is C34H41FO5. The highest BCUT2D eigenvalue weighted by molar-refractivity contribution is 5.74. The van der Waals surface area contributed by atoms with Crippen LogP contribution in [0.2, 0.25) is 0 Å². The lowest BCUT2D eigenvalue weighted by molar-refractivity contribution is -0.0705. The summed E-state index contributed by atoms with van der Waals surface area (Å²) in [6.07, 6.45) is 5.49. The third-order valence-corrected chi connectivity index (χ3v) is 7.45. The molecule has 3 aromatic rings. The van der Waals surface area contributed by atoms with Gasteiger partial charge in [-0.1, -0.05) is 68.3 Å². The van der Waals surface area contributed by atoms with Crippen LogP contribution in [0.15, 0.2) is 72.8 Å². The van der Waals surface area contributed by atoms with Crippen LogP contribution in [0, 0.1) is 5.82 Å². The zero-order chi connectivity index (χ0) is 28.3. The summed E-state index contributed by atoms with van der Waals surface area (Å²) in [5.74, 6) is 0.981. The standard InChI is InChI=1S/C34H41FO5/c1-24(2)34(37)40-18-16-29-22-28(32-15-10-27(23-33(32)35)25-6-4-3-5-7-25)11-14-31(29)26-8-12-30(13-9-26)39-21-20-38-19-17-36/h8-15,22-23,25,34,36-37H,1,3-7,16-21H2,2H3. The van der Waals surface area contributed by atoms with Crippen LogP contribution in [0.25, 0.3) is 22.3 Å². The smallest absolute Gasteiger partial charge is 0.176 e. The van der Waals surface area contributed by atoms with E-state index in [1.165, 1.54) is 19.3 Å². The Morgan fingerprint density at radius 3 is 2.33 bits per heavy atom. The lowest BCUT2D eigenvalue weighted by Crippen LogP contribution is -2.14. The summed E-state index contributed by atoms with van der Waals surface area (Å²) in [7, 11) is 0. The molecule has 0 amide bonds. The lowest BCUT2D eigenvalue weighted by Gasteiger charge is -2.22. The van der Waals surface area contributed by atoms with Gasteiger partial charge in [0.15, 0.2) is 6.29 Å². The molecule has 1 aliphatic carbocycles. The maximum absolute atomic E-state index is 15.4. The van der Waals surface area contributed by atoms with E-state index in [1.54, 1.807) is 13.0 Å². The molecule has 0 heterocycles. The summed E-state index contributed by atoms with van der Waals surface area (Å²) in [6, 6.07) is 19.5. The minimum Gasteiger partial charge on any atom is -0.491 e. The second-order valence-electron chi connectivity index (χ2n) is 10.5. The van der Waals surface area contributed by atoms with Crippen molar-refractivity contribution in [2.24, 2.45) is 0 Å². The number of aliphatic hydroxyl groups excluding tert-OH is 2. The molecule has 214 valence electrons. The molecule has 0 radical (unpaired) electrons. The molecule has 0 aliphatic heterocycles. The molecule has 4 rings (SSSR count). The van der Waals surface area contributed by atoms with Crippen molar-refractivity contribution in [1.82, 2.24) is 0 Å². The van der Waals surface area contributed by atoms with Gasteiger partial charge in [0.05, 0.1) is 26.4 Å². The van der Waals surface area contributed by atoms with Crippen molar-refractivity contribution >= 4 is 0 Å². The van der Waals surface area contributed by atoms with E-state index in [-0.39, 0.29) is 12.4 Å². The Balaban J connectivity index is 1.55. The van der Waals surface area contributed by atoms with E-state index in [1.807, 2.05) is 48.5 Å². The average molecular weight is 549 g/mol. The summed E-state index contributed by atoms with van der Waals surface area (Å²) < 4.78 is 31.9. The molecule has 1 saturated carbocycles. The normalized spacial score (nSPS) is 14.7. The van der Waals surface area contributed by atoms with Gasteiger partial charge in [-0.3, -0.25) is 0 Å². The predicted octanol–water partition coefficient (Wildman–Crippen LogP) is 7.05. The average Bonchev–Trinajstić information content (AvgIpc) is 2.97. The number of hydrogen-bond donors (Lipinski definition) is 2. The van der Waals surface area contributed by atoms with E-state index in [4.69, 9.17) is 19.3 Å². The largest absolute Gasteiger partial charge is 0.491 e. The predicted molar refractivity (Wildman–Crippen MR) is 157 cm³/mol. The Morgan fingerprint density at radius 1 is 0.900 bits per heavy atom. The number of rotatable bonds is 14. The van der Waals surface area contributed by atoms with Gasteiger partial charge in [-0.05, 0) is 83.7 Å². The van der Waals surface area contributed by atoms with Crippen LogP contribution in [0.3, 0.4) is 0 Å². The maximum atomic E-state index is 15.4. The molecule has 5 nitrogen and oxygen atoms in total. The molecular weight excluding hydrogens is 507 g/mol. The van der Waals surface area contributed by atoms with Gasteiger partial charge in [0.25, 0.3) is 0 Å². The van der Waals surface area contributed by atoms with Crippen LogP contribution in [0.1, 0.15) is 56.1 Å². The Bertz CT molecular complexity index is 1230. The molecule has 3 aromatic carbocycles. The molecule has 1 fully saturated rings. The van der Waals surface area contributed by atoms with Gasteiger partial charge < -0.3 is 24.4 Å². The van der Waals surface area contributed by atoms with E-state index in [2.05, 4.69) is 12.6 Å².